The van der Waals surface area contributed by atoms with Crippen LogP contribution in [0.3, 0.4) is 0 Å². The van der Waals surface area contributed by atoms with Gasteiger partial charge in [-0.05, 0) is 52.4 Å². The molecule has 90 valence electrons. The topological polar surface area (TPSA) is 28.4 Å². The minimum Gasteiger partial charge on any atom is -0.469 e. The summed E-state index contributed by atoms with van der Waals surface area (Å²) in [6.45, 7) is 4.18. The molecule has 0 bridgehead atoms. The molecule has 1 N–H and O–H groups in total. The lowest BCUT2D eigenvalue weighted by Crippen LogP contribution is -2.48. The van der Waals surface area contributed by atoms with Gasteiger partial charge in [-0.15, -0.1) is 0 Å². The highest BCUT2D eigenvalue weighted by atomic mass is 16.3. The first kappa shape index (κ1) is 11.7. The second kappa shape index (κ2) is 5.02. The van der Waals surface area contributed by atoms with E-state index < -0.39 is 0 Å². The Morgan fingerprint density at radius 2 is 2.31 bits per heavy atom. The lowest BCUT2D eigenvalue weighted by atomic mass is 9.78. The third-order valence-corrected chi connectivity index (χ3v) is 3.80. The molecule has 2 atom stereocenters. The van der Waals surface area contributed by atoms with Gasteiger partial charge >= 0.3 is 0 Å². The molecule has 2 rings (SSSR count). The van der Waals surface area contributed by atoms with E-state index >= 15 is 0 Å². The van der Waals surface area contributed by atoms with Crippen molar-refractivity contribution in [2.45, 2.75) is 32.4 Å². The summed E-state index contributed by atoms with van der Waals surface area (Å²) in [5, 5.41) is 3.28. The molecule has 1 aliphatic carbocycles. The van der Waals surface area contributed by atoms with Gasteiger partial charge in [0.2, 0.25) is 0 Å². The summed E-state index contributed by atoms with van der Waals surface area (Å²) in [7, 11) is 4.26. The Kier molecular flexibility index (Phi) is 3.66. The Morgan fingerprint density at radius 3 is 2.81 bits per heavy atom. The molecule has 1 heterocycles. The first-order valence-corrected chi connectivity index (χ1v) is 6.10. The fourth-order valence-electron chi connectivity index (χ4n) is 2.59. The van der Waals surface area contributed by atoms with Crippen molar-refractivity contribution in [3.63, 3.8) is 0 Å². The number of rotatable bonds is 5. The van der Waals surface area contributed by atoms with E-state index in [4.69, 9.17) is 4.42 Å². The maximum absolute atomic E-state index is 5.33. The second-order valence-electron chi connectivity index (χ2n) is 4.88. The van der Waals surface area contributed by atoms with Crippen molar-refractivity contribution in [3.8, 4) is 0 Å². The predicted octanol–water partition coefficient (Wildman–Crippen LogP) is 2.02. The summed E-state index contributed by atoms with van der Waals surface area (Å²) in [6.07, 6.45) is 4.48. The van der Waals surface area contributed by atoms with E-state index in [2.05, 4.69) is 23.3 Å². The van der Waals surface area contributed by atoms with Gasteiger partial charge in [-0.3, -0.25) is 4.90 Å². The first-order valence-electron chi connectivity index (χ1n) is 6.10. The molecule has 3 nitrogen and oxygen atoms in total. The van der Waals surface area contributed by atoms with Crippen molar-refractivity contribution in [2.75, 3.05) is 20.6 Å². The highest BCUT2D eigenvalue weighted by Gasteiger charge is 2.33. The van der Waals surface area contributed by atoms with Gasteiger partial charge in [-0.1, -0.05) is 0 Å². The van der Waals surface area contributed by atoms with Crippen LogP contribution < -0.4 is 5.32 Å². The monoisotopic (exact) mass is 222 g/mol. The van der Waals surface area contributed by atoms with Crippen LogP contribution in [0, 0.1) is 12.8 Å². The van der Waals surface area contributed by atoms with Crippen LogP contribution in [-0.4, -0.2) is 31.6 Å². The number of hydrogen-bond acceptors (Lipinski definition) is 3. The van der Waals surface area contributed by atoms with E-state index in [0.717, 1.165) is 30.8 Å². The fourth-order valence-corrected chi connectivity index (χ4v) is 2.59. The van der Waals surface area contributed by atoms with Crippen LogP contribution in [-0.2, 0) is 6.54 Å². The molecule has 0 aliphatic heterocycles. The van der Waals surface area contributed by atoms with Crippen LogP contribution in [0.1, 0.15) is 24.2 Å². The highest BCUT2D eigenvalue weighted by Crippen LogP contribution is 2.31. The molecule has 1 fully saturated rings. The van der Waals surface area contributed by atoms with Crippen LogP contribution in [0.2, 0.25) is 0 Å². The standard InChI is InChI=1S/C13H22N2O/c1-10-12(6-7-16-10)9-15(3)13-5-4-11(13)8-14-2/h6-7,11,13-14H,4-5,8-9H2,1-3H3. The van der Waals surface area contributed by atoms with Crippen LogP contribution in [0.15, 0.2) is 16.7 Å². The maximum Gasteiger partial charge on any atom is 0.105 e. The van der Waals surface area contributed by atoms with E-state index in [1.54, 1.807) is 6.26 Å². The molecule has 16 heavy (non-hydrogen) atoms. The van der Waals surface area contributed by atoms with Crippen molar-refractivity contribution in [2.24, 2.45) is 5.92 Å². The smallest absolute Gasteiger partial charge is 0.105 e. The zero-order chi connectivity index (χ0) is 11.5. The Morgan fingerprint density at radius 1 is 1.50 bits per heavy atom. The Labute approximate surface area is 97.8 Å². The zero-order valence-corrected chi connectivity index (χ0v) is 10.5. The van der Waals surface area contributed by atoms with Crippen molar-refractivity contribution in [3.05, 3.63) is 23.7 Å². The third kappa shape index (κ3) is 2.30. The van der Waals surface area contributed by atoms with Crippen LogP contribution >= 0.6 is 0 Å². The van der Waals surface area contributed by atoms with E-state index in [0.29, 0.717) is 0 Å². The highest BCUT2D eigenvalue weighted by molar-refractivity contribution is 5.15. The van der Waals surface area contributed by atoms with E-state index in [1.165, 1.54) is 18.4 Å². The number of aryl methyl sites for hydroxylation is 1. The zero-order valence-electron chi connectivity index (χ0n) is 10.5. The molecular weight excluding hydrogens is 200 g/mol. The van der Waals surface area contributed by atoms with Gasteiger partial charge in [-0.25, -0.2) is 0 Å². The van der Waals surface area contributed by atoms with Gasteiger partial charge in [0, 0.05) is 18.2 Å². The number of nitrogens with zero attached hydrogens (tertiary/aromatic N) is 1. The summed E-state index contributed by atoms with van der Waals surface area (Å²) in [5.41, 5.74) is 1.32. The lowest BCUT2D eigenvalue weighted by molar-refractivity contribution is 0.0790. The molecule has 0 amide bonds. The molecule has 1 aromatic rings. The van der Waals surface area contributed by atoms with Gasteiger partial charge in [0.25, 0.3) is 0 Å². The first-order chi connectivity index (χ1) is 7.72. The Hall–Kier alpha value is -0.800. The molecule has 2 unspecified atom stereocenters. The Balaban J connectivity index is 1.88. The summed E-state index contributed by atoms with van der Waals surface area (Å²) in [4.78, 5) is 2.46. The average molecular weight is 222 g/mol. The van der Waals surface area contributed by atoms with Gasteiger partial charge in [-0.2, -0.15) is 0 Å². The molecule has 0 aromatic carbocycles. The minimum absolute atomic E-state index is 0.738. The normalized spacial score (nSPS) is 24.8. The van der Waals surface area contributed by atoms with Crippen molar-refractivity contribution >= 4 is 0 Å². The lowest BCUT2D eigenvalue weighted by Gasteiger charge is -2.42. The average Bonchev–Trinajstić information content (AvgIpc) is 2.59. The van der Waals surface area contributed by atoms with Crippen molar-refractivity contribution in [1.82, 2.24) is 10.2 Å². The molecule has 0 spiro atoms. The van der Waals surface area contributed by atoms with Crippen LogP contribution in [0.5, 0.6) is 0 Å². The fraction of sp³-hybridized carbons (Fsp3) is 0.692. The van der Waals surface area contributed by atoms with Crippen LogP contribution in [0.4, 0.5) is 0 Å². The summed E-state index contributed by atoms with van der Waals surface area (Å²) in [5.74, 6) is 1.87. The minimum atomic E-state index is 0.738. The number of nitrogens with one attached hydrogen (secondary N) is 1. The number of furan rings is 1. The van der Waals surface area contributed by atoms with Gasteiger partial charge in [0.1, 0.15) is 5.76 Å². The van der Waals surface area contributed by atoms with Gasteiger partial charge in [0.05, 0.1) is 6.26 Å². The largest absolute Gasteiger partial charge is 0.469 e. The molecule has 3 heteroatoms. The summed E-state index contributed by atoms with van der Waals surface area (Å²) in [6, 6.07) is 2.82. The molecule has 0 radical (unpaired) electrons. The number of hydrogen-bond donors (Lipinski definition) is 1. The molecule has 1 saturated carbocycles. The summed E-state index contributed by atoms with van der Waals surface area (Å²) < 4.78 is 5.33. The predicted molar refractivity (Wildman–Crippen MR) is 65.4 cm³/mol. The van der Waals surface area contributed by atoms with Crippen molar-refractivity contribution in [1.29, 1.82) is 0 Å². The second-order valence-corrected chi connectivity index (χ2v) is 4.88. The summed E-state index contributed by atoms with van der Waals surface area (Å²) >= 11 is 0. The SMILES string of the molecule is CNCC1CCC1N(C)Cc1ccoc1C. The molecule has 1 aliphatic rings. The van der Waals surface area contributed by atoms with Gasteiger partial charge in [0.15, 0.2) is 0 Å². The molecule has 1 aromatic heterocycles. The van der Waals surface area contributed by atoms with Crippen LogP contribution in [0.25, 0.3) is 0 Å². The van der Waals surface area contributed by atoms with E-state index in [-0.39, 0.29) is 0 Å². The third-order valence-electron chi connectivity index (χ3n) is 3.80. The molecule has 0 saturated heterocycles. The quantitative estimate of drug-likeness (QED) is 0.826. The Bertz CT molecular complexity index is 334. The van der Waals surface area contributed by atoms with Crippen molar-refractivity contribution < 1.29 is 4.42 Å². The van der Waals surface area contributed by atoms with E-state index in [1.807, 2.05) is 14.0 Å². The molecular formula is C13H22N2O. The van der Waals surface area contributed by atoms with Gasteiger partial charge < -0.3 is 9.73 Å². The van der Waals surface area contributed by atoms with E-state index in [9.17, 15) is 0 Å². The maximum atomic E-state index is 5.33.